The molecule has 130 valence electrons. The topological polar surface area (TPSA) is 38.8 Å². The van der Waals surface area contributed by atoms with Crippen LogP contribution in [0.25, 0.3) is 0 Å². The molecule has 0 radical (unpaired) electrons. The molecule has 0 bridgehead atoms. The summed E-state index contributed by atoms with van der Waals surface area (Å²) in [4.78, 5) is 13.8. The molecular formula is C17H32INO3. The normalized spacial score (nSPS) is 22.1. The van der Waals surface area contributed by atoms with Gasteiger partial charge in [0.2, 0.25) is 0 Å². The maximum atomic E-state index is 12.1. The maximum absolute atomic E-state index is 12.1. The summed E-state index contributed by atoms with van der Waals surface area (Å²) >= 11 is 2.38. The molecule has 0 saturated carbocycles. The van der Waals surface area contributed by atoms with Gasteiger partial charge in [-0.2, -0.15) is 0 Å². The van der Waals surface area contributed by atoms with E-state index >= 15 is 0 Å². The standard InChI is InChI=1S/C17H32INO3/c1-5-6-7-8-9-10-11-21-15-13-19(12-14(15)18)16(20)22-17(2,3)4/h14-15H,5-13H2,1-4H3. The van der Waals surface area contributed by atoms with Crippen LogP contribution in [0.5, 0.6) is 0 Å². The Labute approximate surface area is 149 Å². The zero-order valence-electron chi connectivity index (χ0n) is 14.6. The van der Waals surface area contributed by atoms with E-state index in [2.05, 4.69) is 29.5 Å². The second kappa shape index (κ2) is 9.96. The minimum atomic E-state index is -0.435. The van der Waals surface area contributed by atoms with E-state index in [1.807, 2.05) is 20.8 Å². The van der Waals surface area contributed by atoms with Crippen molar-refractivity contribution in [1.29, 1.82) is 0 Å². The molecule has 0 aromatic carbocycles. The number of halogens is 1. The highest BCUT2D eigenvalue weighted by molar-refractivity contribution is 14.1. The van der Waals surface area contributed by atoms with Crippen LogP contribution in [0.1, 0.15) is 66.2 Å². The molecular weight excluding hydrogens is 393 g/mol. The number of carbonyl (C=O) groups is 1. The average Bonchev–Trinajstić information content (AvgIpc) is 2.77. The van der Waals surface area contributed by atoms with Crippen molar-refractivity contribution >= 4 is 28.7 Å². The number of likely N-dealkylation sites (tertiary alicyclic amines) is 1. The third-order valence-electron chi connectivity index (χ3n) is 3.68. The summed E-state index contributed by atoms with van der Waals surface area (Å²) in [6, 6.07) is 0. The van der Waals surface area contributed by atoms with Gasteiger partial charge >= 0.3 is 6.09 Å². The summed E-state index contributed by atoms with van der Waals surface area (Å²) < 4.78 is 11.8. The van der Waals surface area contributed by atoms with Gasteiger partial charge < -0.3 is 14.4 Å². The highest BCUT2D eigenvalue weighted by Crippen LogP contribution is 2.23. The Bertz CT molecular complexity index is 330. The number of amides is 1. The predicted molar refractivity (Wildman–Crippen MR) is 98.7 cm³/mol. The number of ether oxygens (including phenoxy) is 2. The lowest BCUT2D eigenvalue weighted by Crippen LogP contribution is -2.36. The highest BCUT2D eigenvalue weighted by Gasteiger charge is 2.36. The number of alkyl halides is 1. The average molecular weight is 425 g/mol. The van der Waals surface area contributed by atoms with Crippen molar-refractivity contribution in [1.82, 2.24) is 4.90 Å². The number of nitrogens with zero attached hydrogens (tertiary/aromatic N) is 1. The van der Waals surface area contributed by atoms with E-state index in [0.717, 1.165) is 19.6 Å². The van der Waals surface area contributed by atoms with E-state index in [1.54, 1.807) is 4.90 Å². The number of unbranched alkanes of at least 4 members (excludes halogenated alkanes) is 5. The Morgan fingerprint density at radius 2 is 1.77 bits per heavy atom. The van der Waals surface area contributed by atoms with E-state index in [-0.39, 0.29) is 12.2 Å². The van der Waals surface area contributed by atoms with E-state index < -0.39 is 5.60 Å². The Morgan fingerprint density at radius 3 is 2.41 bits per heavy atom. The summed E-state index contributed by atoms with van der Waals surface area (Å²) in [5.41, 5.74) is -0.435. The quantitative estimate of drug-likeness (QED) is 0.319. The van der Waals surface area contributed by atoms with Crippen molar-refractivity contribution in [3.63, 3.8) is 0 Å². The number of carbonyl (C=O) groups excluding carboxylic acids is 1. The molecule has 4 nitrogen and oxygen atoms in total. The van der Waals surface area contributed by atoms with E-state index in [1.165, 1.54) is 32.1 Å². The van der Waals surface area contributed by atoms with Crippen LogP contribution in [-0.4, -0.2) is 46.3 Å². The minimum Gasteiger partial charge on any atom is -0.444 e. The molecule has 0 aromatic rings. The van der Waals surface area contributed by atoms with E-state index in [9.17, 15) is 4.79 Å². The Kier molecular flexibility index (Phi) is 9.05. The number of hydrogen-bond donors (Lipinski definition) is 0. The lowest BCUT2D eigenvalue weighted by atomic mass is 10.1. The summed E-state index contributed by atoms with van der Waals surface area (Å²) in [6.45, 7) is 10.1. The lowest BCUT2D eigenvalue weighted by molar-refractivity contribution is 0.0209. The Hall–Kier alpha value is -0.0400. The summed E-state index contributed by atoms with van der Waals surface area (Å²) in [5.74, 6) is 0. The van der Waals surface area contributed by atoms with Gasteiger partial charge in [0, 0.05) is 13.2 Å². The van der Waals surface area contributed by atoms with Crippen LogP contribution in [0.2, 0.25) is 0 Å². The van der Waals surface area contributed by atoms with Crippen LogP contribution in [0.15, 0.2) is 0 Å². The molecule has 0 N–H and O–H groups in total. The second-order valence-corrected chi connectivity index (χ2v) is 8.68. The first kappa shape index (κ1) is 20.0. The molecule has 1 fully saturated rings. The van der Waals surface area contributed by atoms with Crippen molar-refractivity contribution in [3.05, 3.63) is 0 Å². The van der Waals surface area contributed by atoms with Crippen molar-refractivity contribution in [2.24, 2.45) is 0 Å². The van der Waals surface area contributed by atoms with Crippen molar-refractivity contribution in [3.8, 4) is 0 Å². The smallest absolute Gasteiger partial charge is 0.410 e. The predicted octanol–water partition coefficient (Wildman–Crippen LogP) is 4.79. The molecule has 0 aromatic heterocycles. The molecule has 1 amide bonds. The van der Waals surface area contributed by atoms with Crippen LogP contribution in [0.4, 0.5) is 4.79 Å². The van der Waals surface area contributed by atoms with Gasteiger partial charge in [0.05, 0.1) is 16.6 Å². The molecule has 2 atom stereocenters. The van der Waals surface area contributed by atoms with E-state index in [0.29, 0.717) is 10.5 Å². The van der Waals surface area contributed by atoms with Crippen LogP contribution >= 0.6 is 22.6 Å². The van der Waals surface area contributed by atoms with Crippen molar-refractivity contribution in [2.75, 3.05) is 19.7 Å². The van der Waals surface area contributed by atoms with Gasteiger partial charge in [0.15, 0.2) is 0 Å². The van der Waals surface area contributed by atoms with E-state index in [4.69, 9.17) is 9.47 Å². The second-order valence-electron chi connectivity index (χ2n) is 7.08. The molecule has 0 aliphatic carbocycles. The van der Waals surface area contributed by atoms with Gasteiger partial charge in [-0.05, 0) is 27.2 Å². The van der Waals surface area contributed by atoms with Crippen molar-refractivity contribution < 1.29 is 14.3 Å². The molecule has 1 heterocycles. The molecule has 5 heteroatoms. The summed E-state index contributed by atoms with van der Waals surface area (Å²) in [6.07, 6.45) is 7.55. The Morgan fingerprint density at radius 1 is 1.14 bits per heavy atom. The summed E-state index contributed by atoms with van der Waals surface area (Å²) in [7, 11) is 0. The van der Waals surface area contributed by atoms with Gasteiger partial charge in [-0.15, -0.1) is 0 Å². The fraction of sp³-hybridized carbons (Fsp3) is 0.941. The SMILES string of the molecule is CCCCCCCCOC1CN(C(=O)OC(C)(C)C)CC1I. The first-order chi connectivity index (χ1) is 10.3. The highest BCUT2D eigenvalue weighted by atomic mass is 127. The maximum Gasteiger partial charge on any atom is 0.410 e. The molecule has 1 rings (SSSR count). The van der Waals surface area contributed by atoms with Crippen molar-refractivity contribution in [2.45, 2.75) is 81.8 Å². The van der Waals surface area contributed by atoms with Gasteiger partial charge in [0.25, 0.3) is 0 Å². The first-order valence-corrected chi connectivity index (χ1v) is 9.81. The largest absolute Gasteiger partial charge is 0.444 e. The monoisotopic (exact) mass is 425 g/mol. The number of rotatable bonds is 8. The van der Waals surface area contributed by atoms with Crippen LogP contribution in [0, 0.1) is 0 Å². The number of hydrogen-bond acceptors (Lipinski definition) is 3. The van der Waals surface area contributed by atoms with Crippen LogP contribution < -0.4 is 0 Å². The fourth-order valence-electron chi connectivity index (χ4n) is 2.48. The summed E-state index contributed by atoms with van der Waals surface area (Å²) in [5, 5.41) is 0. The third kappa shape index (κ3) is 7.99. The van der Waals surface area contributed by atoms with Gasteiger partial charge in [-0.1, -0.05) is 61.6 Å². The molecule has 1 aliphatic rings. The Balaban J connectivity index is 2.19. The third-order valence-corrected chi connectivity index (χ3v) is 4.88. The first-order valence-electron chi connectivity index (χ1n) is 8.57. The zero-order valence-corrected chi connectivity index (χ0v) is 16.7. The minimum absolute atomic E-state index is 0.142. The molecule has 0 spiro atoms. The molecule has 22 heavy (non-hydrogen) atoms. The zero-order chi connectivity index (χ0) is 16.6. The van der Waals surface area contributed by atoms with Crippen LogP contribution in [0.3, 0.4) is 0 Å². The lowest BCUT2D eigenvalue weighted by Gasteiger charge is -2.24. The molecule has 2 unspecified atom stereocenters. The van der Waals surface area contributed by atoms with Crippen LogP contribution in [-0.2, 0) is 9.47 Å². The van der Waals surface area contributed by atoms with Gasteiger partial charge in [-0.25, -0.2) is 4.79 Å². The fourth-order valence-corrected chi connectivity index (χ4v) is 3.39. The molecule has 1 aliphatic heterocycles. The molecule has 1 saturated heterocycles. The van der Waals surface area contributed by atoms with Gasteiger partial charge in [-0.3, -0.25) is 0 Å². The van der Waals surface area contributed by atoms with Gasteiger partial charge in [0.1, 0.15) is 5.60 Å².